The van der Waals surface area contributed by atoms with E-state index in [0.29, 0.717) is 11.5 Å². The lowest BCUT2D eigenvalue weighted by molar-refractivity contribution is -0.660. The first-order chi connectivity index (χ1) is 22.2. The number of furan rings is 1. The van der Waals surface area contributed by atoms with E-state index in [1.807, 2.05) is 6.07 Å². The predicted molar refractivity (Wildman–Crippen MR) is 190 cm³/mol. The van der Waals surface area contributed by atoms with Gasteiger partial charge in [-0.05, 0) is 96.6 Å². The molecule has 3 aromatic carbocycles. The lowest BCUT2D eigenvalue weighted by atomic mass is 9.70. The topological polar surface area (TPSA) is 40.8 Å². The Bertz CT molecular complexity index is 1920. The van der Waals surface area contributed by atoms with Gasteiger partial charge in [0.1, 0.15) is 18.2 Å². The van der Waals surface area contributed by atoms with E-state index in [-0.39, 0.29) is 5.41 Å². The Balaban J connectivity index is 1.25. The van der Waals surface area contributed by atoms with Crippen molar-refractivity contribution < 1.29 is 8.98 Å². The zero-order valence-electron chi connectivity index (χ0n) is 28.5. The quantitative estimate of drug-likeness (QED) is 0.186. The fourth-order valence-electron chi connectivity index (χ4n) is 8.74. The molecule has 0 spiro atoms. The summed E-state index contributed by atoms with van der Waals surface area (Å²) in [5, 5.41) is 12.4. The van der Waals surface area contributed by atoms with Gasteiger partial charge >= 0.3 is 0 Å². The second-order valence-corrected chi connectivity index (χ2v) is 15.6. The minimum atomic E-state index is 0.199. The van der Waals surface area contributed by atoms with Crippen molar-refractivity contribution >= 4 is 21.9 Å². The predicted octanol–water partition coefficient (Wildman–Crippen LogP) is 11.4. The molecule has 2 fully saturated rings. The number of nitrogens with zero attached hydrogens (tertiary/aromatic N) is 2. The van der Waals surface area contributed by atoms with E-state index in [1.54, 1.807) is 0 Å². The van der Waals surface area contributed by atoms with Crippen LogP contribution in [0.15, 0.2) is 71.3 Å². The summed E-state index contributed by atoms with van der Waals surface area (Å²) in [4.78, 5) is 0. The van der Waals surface area contributed by atoms with Gasteiger partial charge in [0.15, 0.2) is 6.20 Å². The van der Waals surface area contributed by atoms with Gasteiger partial charge in [-0.3, -0.25) is 0 Å². The highest BCUT2D eigenvalue weighted by atomic mass is 16.3. The number of aromatic nitrogens is 1. The molecule has 0 aliphatic heterocycles. The van der Waals surface area contributed by atoms with E-state index in [9.17, 15) is 5.26 Å². The summed E-state index contributed by atoms with van der Waals surface area (Å²) in [6.45, 7) is 9.03. The van der Waals surface area contributed by atoms with Crippen LogP contribution in [0, 0.1) is 35.5 Å². The van der Waals surface area contributed by atoms with Crippen molar-refractivity contribution in [3.8, 4) is 28.5 Å². The lowest BCUT2D eigenvalue weighted by Crippen LogP contribution is -2.31. The number of rotatable bonds is 5. The summed E-state index contributed by atoms with van der Waals surface area (Å²) in [6, 6.07) is 24.6. The first-order valence-electron chi connectivity index (χ1n) is 17.7. The molecule has 0 amide bonds. The summed E-state index contributed by atoms with van der Waals surface area (Å²) in [7, 11) is 2.11. The van der Waals surface area contributed by atoms with Crippen molar-refractivity contribution in [2.75, 3.05) is 0 Å². The molecule has 7 rings (SSSR count). The fourth-order valence-corrected chi connectivity index (χ4v) is 8.74. The molecule has 236 valence electrons. The highest BCUT2D eigenvalue weighted by Gasteiger charge is 2.29. The molecule has 0 unspecified atom stereocenters. The molecule has 0 bridgehead atoms. The molecule has 3 heteroatoms. The molecule has 2 aliphatic carbocycles. The fraction of sp³-hybridized carbons (Fsp3) is 0.442. The number of pyridine rings is 1. The standard InChI is InChI=1S/C43H49N2O/c1-28-11-21-36-37-22-20-35(27-44)40(42(37)46-41(36)39(28)38-25-29(23-24-45(38)5)26-43(2,3)4)34-18-16-33(17-19-34)32-14-12-31(13-15-32)30-9-7-6-8-10-30/h11,16-25,30-32H,6-10,12-15,26H2,1-5H3/q+1. The highest BCUT2D eigenvalue weighted by molar-refractivity contribution is 6.14. The second-order valence-electron chi connectivity index (χ2n) is 15.6. The number of hydrogen-bond donors (Lipinski definition) is 0. The lowest BCUT2D eigenvalue weighted by Gasteiger charge is -2.36. The second kappa shape index (κ2) is 12.4. The molecule has 2 aromatic heterocycles. The van der Waals surface area contributed by atoms with Crippen LogP contribution in [0.3, 0.4) is 0 Å². The largest absolute Gasteiger partial charge is 0.454 e. The van der Waals surface area contributed by atoms with Gasteiger partial charge in [-0.1, -0.05) is 89.3 Å². The van der Waals surface area contributed by atoms with Crippen molar-refractivity contribution in [1.29, 1.82) is 5.26 Å². The number of hydrogen-bond acceptors (Lipinski definition) is 2. The van der Waals surface area contributed by atoms with E-state index in [1.165, 1.54) is 74.5 Å². The molecule has 0 N–H and O–H groups in total. The van der Waals surface area contributed by atoms with Gasteiger partial charge in [0.05, 0.1) is 17.2 Å². The average molecular weight is 610 g/mol. The molecule has 46 heavy (non-hydrogen) atoms. The van der Waals surface area contributed by atoms with E-state index in [2.05, 4.69) is 106 Å². The molecule has 3 nitrogen and oxygen atoms in total. The maximum Gasteiger partial charge on any atom is 0.216 e. The molecule has 0 saturated heterocycles. The Hall–Kier alpha value is -3.90. The summed E-state index contributed by atoms with van der Waals surface area (Å²) >= 11 is 0. The summed E-state index contributed by atoms with van der Waals surface area (Å²) in [5.74, 6) is 2.56. The molecule has 0 radical (unpaired) electrons. The van der Waals surface area contributed by atoms with E-state index >= 15 is 0 Å². The van der Waals surface area contributed by atoms with Crippen LogP contribution in [-0.4, -0.2) is 0 Å². The third kappa shape index (κ3) is 5.88. The van der Waals surface area contributed by atoms with Crippen LogP contribution in [0.1, 0.15) is 107 Å². The first kappa shape index (κ1) is 30.7. The number of fused-ring (bicyclic) bond motifs is 3. The monoisotopic (exact) mass is 609 g/mol. The van der Waals surface area contributed by atoms with E-state index < -0.39 is 0 Å². The van der Waals surface area contributed by atoms with Crippen LogP contribution in [0.5, 0.6) is 0 Å². The van der Waals surface area contributed by atoms with E-state index in [4.69, 9.17) is 4.42 Å². The van der Waals surface area contributed by atoms with Crippen LogP contribution >= 0.6 is 0 Å². The van der Waals surface area contributed by atoms with Crippen molar-refractivity contribution in [3.63, 3.8) is 0 Å². The number of aryl methyl sites for hydroxylation is 2. The number of nitriles is 1. The molecular formula is C43H49N2O+. The SMILES string of the molecule is Cc1ccc2c(oc3c(-c4ccc(C5CCC(C6CCCCC6)CC5)cc4)c(C#N)ccc32)c1-c1cc(CC(C)(C)C)cc[n+]1C. The first-order valence-corrected chi connectivity index (χ1v) is 17.7. The molecule has 2 saturated carbocycles. The third-order valence-corrected chi connectivity index (χ3v) is 11.1. The van der Waals surface area contributed by atoms with E-state index in [0.717, 1.165) is 62.6 Å². The van der Waals surface area contributed by atoms with Crippen molar-refractivity contribution in [2.45, 2.75) is 97.8 Å². The molecule has 5 aromatic rings. The maximum absolute atomic E-state index is 10.2. The third-order valence-electron chi connectivity index (χ3n) is 11.1. The highest BCUT2D eigenvalue weighted by Crippen LogP contribution is 2.45. The Labute approximate surface area is 275 Å². The molecule has 0 atom stereocenters. The smallest absolute Gasteiger partial charge is 0.216 e. The van der Waals surface area contributed by atoms with Crippen molar-refractivity contribution in [2.24, 2.45) is 24.3 Å². The molecular weight excluding hydrogens is 560 g/mol. The van der Waals surface area contributed by atoms with Gasteiger partial charge < -0.3 is 4.42 Å². The van der Waals surface area contributed by atoms with Gasteiger partial charge in [0.25, 0.3) is 0 Å². The zero-order valence-corrected chi connectivity index (χ0v) is 28.5. The zero-order chi connectivity index (χ0) is 32.0. The van der Waals surface area contributed by atoms with Crippen LogP contribution in [0.25, 0.3) is 44.3 Å². The Morgan fingerprint density at radius 3 is 2.11 bits per heavy atom. The van der Waals surface area contributed by atoms with Crippen LogP contribution in [-0.2, 0) is 13.5 Å². The van der Waals surface area contributed by atoms with Gasteiger partial charge in [0, 0.05) is 28.5 Å². The van der Waals surface area contributed by atoms with Gasteiger partial charge in [-0.25, -0.2) is 4.57 Å². The average Bonchev–Trinajstić information content (AvgIpc) is 3.44. The Morgan fingerprint density at radius 1 is 0.783 bits per heavy atom. The van der Waals surface area contributed by atoms with Crippen molar-refractivity contribution in [3.05, 3.63) is 89.1 Å². The van der Waals surface area contributed by atoms with Crippen molar-refractivity contribution in [1.82, 2.24) is 0 Å². The van der Waals surface area contributed by atoms with Crippen LogP contribution in [0.2, 0.25) is 0 Å². The van der Waals surface area contributed by atoms with Crippen LogP contribution in [0.4, 0.5) is 0 Å². The molecule has 2 heterocycles. The minimum Gasteiger partial charge on any atom is -0.454 e. The summed E-state index contributed by atoms with van der Waals surface area (Å²) in [6.07, 6.45) is 15.8. The van der Waals surface area contributed by atoms with Gasteiger partial charge in [0.2, 0.25) is 5.69 Å². The van der Waals surface area contributed by atoms with Crippen LogP contribution < -0.4 is 4.57 Å². The summed E-state index contributed by atoms with van der Waals surface area (Å²) < 4.78 is 9.09. The van der Waals surface area contributed by atoms with Gasteiger partial charge in [-0.15, -0.1) is 0 Å². The Kier molecular flexibility index (Phi) is 8.26. The normalized spacial score (nSPS) is 19.5. The Morgan fingerprint density at radius 2 is 1.43 bits per heavy atom. The minimum absolute atomic E-state index is 0.199. The number of benzene rings is 3. The summed E-state index contributed by atoms with van der Waals surface area (Å²) in [5.41, 5.74) is 10.7. The molecule has 2 aliphatic rings. The van der Waals surface area contributed by atoms with Gasteiger partial charge in [-0.2, -0.15) is 5.26 Å². The maximum atomic E-state index is 10.2.